The molecule has 0 saturated carbocycles. The number of halogens is 1. The van der Waals surface area contributed by atoms with E-state index in [1.54, 1.807) is 24.3 Å². The Morgan fingerprint density at radius 2 is 1.74 bits per heavy atom. The van der Waals surface area contributed by atoms with Crippen LogP contribution in [0.1, 0.15) is 18.4 Å². The van der Waals surface area contributed by atoms with Crippen LogP contribution in [-0.4, -0.2) is 58.6 Å². The number of carbonyl (C=O) groups excluding carboxylic acids is 2. The average molecular weight is 460 g/mol. The Labute approximate surface area is 191 Å². The first-order chi connectivity index (χ1) is 14.9. The van der Waals surface area contributed by atoms with Gasteiger partial charge < -0.3 is 19.9 Å². The molecule has 31 heavy (non-hydrogen) atoms. The quantitative estimate of drug-likeness (QED) is 0.724. The molecular weight excluding hydrogens is 434 g/mol. The van der Waals surface area contributed by atoms with E-state index in [-0.39, 0.29) is 23.4 Å². The zero-order valence-corrected chi connectivity index (χ0v) is 19.0. The van der Waals surface area contributed by atoms with E-state index in [1.807, 2.05) is 52.8 Å². The van der Waals surface area contributed by atoms with Crippen LogP contribution in [-0.2, 0) is 4.79 Å². The van der Waals surface area contributed by atoms with E-state index in [9.17, 15) is 9.59 Å². The molecule has 164 valence electrons. The number of carbonyl (C=O) groups is 2. The van der Waals surface area contributed by atoms with Gasteiger partial charge in [-0.05, 0) is 56.2 Å². The number of anilines is 1. The molecule has 2 aliphatic heterocycles. The Bertz CT molecular complexity index is 928. The summed E-state index contributed by atoms with van der Waals surface area (Å²) in [6.45, 7) is 3.96. The third-order valence-electron chi connectivity index (χ3n) is 5.79. The van der Waals surface area contributed by atoms with Crippen LogP contribution in [0.2, 0.25) is 5.02 Å². The normalized spacial score (nSPS) is 17.6. The lowest BCUT2D eigenvalue weighted by Gasteiger charge is -2.43. The van der Waals surface area contributed by atoms with Gasteiger partial charge in [0.05, 0.1) is 4.87 Å². The molecule has 2 heterocycles. The van der Waals surface area contributed by atoms with Crippen molar-refractivity contribution in [3.63, 3.8) is 0 Å². The van der Waals surface area contributed by atoms with E-state index in [1.165, 1.54) is 0 Å². The molecule has 3 amide bonds. The topological polar surface area (TPSA) is 61.9 Å². The third-order valence-corrected chi connectivity index (χ3v) is 7.59. The van der Waals surface area contributed by atoms with E-state index in [4.69, 9.17) is 16.3 Å². The number of hydrogen-bond acceptors (Lipinski definition) is 4. The van der Waals surface area contributed by atoms with E-state index >= 15 is 0 Å². The van der Waals surface area contributed by atoms with Crippen LogP contribution in [0.25, 0.3) is 0 Å². The standard InChI is InChI=1S/C23H26ClN3O3S/c1-17-2-6-19(7-3-17)25-22(29)26-12-10-23(11-13-26)27(14-15-31-23)21(28)16-30-20-8-4-18(24)5-9-20/h2-9H,10-16H2,1H3,(H,25,29). The van der Waals surface area contributed by atoms with Crippen molar-refractivity contribution in [3.8, 4) is 5.75 Å². The molecule has 0 unspecified atom stereocenters. The Kier molecular flexibility index (Phi) is 6.62. The number of thioether (sulfide) groups is 1. The van der Waals surface area contributed by atoms with Crippen molar-refractivity contribution in [2.75, 3.05) is 37.3 Å². The molecule has 0 atom stereocenters. The summed E-state index contributed by atoms with van der Waals surface area (Å²) < 4.78 is 5.67. The summed E-state index contributed by atoms with van der Waals surface area (Å²) in [7, 11) is 0. The maximum Gasteiger partial charge on any atom is 0.321 e. The minimum absolute atomic E-state index is 0.00155. The van der Waals surface area contributed by atoms with Crippen LogP contribution in [0, 0.1) is 6.92 Å². The van der Waals surface area contributed by atoms with Gasteiger partial charge >= 0.3 is 6.03 Å². The molecule has 4 rings (SSSR count). The summed E-state index contributed by atoms with van der Waals surface area (Å²) in [5, 5.41) is 3.60. The van der Waals surface area contributed by atoms with Crippen molar-refractivity contribution in [2.45, 2.75) is 24.6 Å². The first kappa shape index (κ1) is 21.8. The lowest BCUT2D eigenvalue weighted by molar-refractivity contribution is -0.136. The van der Waals surface area contributed by atoms with E-state index in [2.05, 4.69) is 5.32 Å². The average Bonchev–Trinajstić information content (AvgIpc) is 3.18. The molecule has 2 fully saturated rings. The summed E-state index contributed by atoms with van der Waals surface area (Å²) in [6, 6.07) is 14.7. The predicted molar refractivity (Wildman–Crippen MR) is 125 cm³/mol. The molecule has 2 aromatic carbocycles. The van der Waals surface area contributed by atoms with Crippen LogP contribution >= 0.6 is 23.4 Å². The van der Waals surface area contributed by atoms with Gasteiger partial charge in [-0.1, -0.05) is 29.3 Å². The number of urea groups is 1. The van der Waals surface area contributed by atoms with Crippen LogP contribution in [0.4, 0.5) is 10.5 Å². The van der Waals surface area contributed by atoms with Crippen LogP contribution in [0.5, 0.6) is 5.75 Å². The largest absolute Gasteiger partial charge is 0.484 e. The summed E-state index contributed by atoms with van der Waals surface area (Å²) in [4.78, 5) is 29.1. The van der Waals surface area contributed by atoms with Gasteiger partial charge in [0.2, 0.25) is 0 Å². The van der Waals surface area contributed by atoms with Crippen LogP contribution < -0.4 is 10.1 Å². The van der Waals surface area contributed by atoms with Crippen LogP contribution in [0.15, 0.2) is 48.5 Å². The van der Waals surface area contributed by atoms with Crippen molar-refractivity contribution in [1.29, 1.82) is 0 Å². The molecule has 2 aliphatic rings. The van der Waals surface area contributed by atoms with Gasteiger partial charge in [-0.3, -0.25) is 4.79 Å². The van der Waals surface area contributed by atoms with Crippen molar-refractivity contribution < 1.29 is 14.3 Å². The molecule has 1 N–H and O–H groups in total. The highest BCUT2D eigenvalue weighted by Gasteiger charge is 2.46. The van der Waals surface area contributed by atoms with Crippen molar-refractivity contribution >= 4 is 41.0 Å². The van der Waals surface area contributed by atoms with E-state index in [0.717, 1.165) is 29.8 Å². The number of benzene rings is 2. The number of aryl methyl sites for hydroxylation is 1. The molecule has 0 radical (unpaired) electrons. The molecule has 0 aromatic heterocycles. The second-order valence-electron chi connectivity index (χ2n) is 7.87. The number of amides is 3. The zero-order chi connectivity index (χ0) is 21.8. The first-order valence-corrected chi connectivity index (χ1v) is 11.8. The first-order valence-electron chi connectivity index (χ1n) is 10.4. The van der Waals surface area contributed by atoms with Crippen molar-refractivity contribution in [3.05, 3.63) is 59.1 Å². The molecule has 6 nitrogen and oxygen atoms in total. The molecule has 2 aromatic rings. The molecule has 1 spiro atoms. The highest BCUT2D eigenvalue weighted by molar-refractivity contribution is 8.00. The number of ether oxygens (including phenoxy) is 1. The molecule has 2 saturated heterocycles. The Balaban J connectivity index is 1.31. The molecule has 8 heteroatoms. The maximum atomic E-state index is 12.9. The monoisotopic (exact) mass is 459 g/mol. The summed E-state index contributed by atoms with van der Waals surface area (Å²) in [5.41, 5.74) is 1.95. The number of likely N-dealkylation sites (tertiary alicyclic amines) is 1. The Morgan fingerprint density at radius 3 is 2.42 bits per heavy atom. The fourth-order valence-corrected chi connectivity index (χ4v) is 5.63. The van der Waals surface area contributed by atoms with Gasteiger partial charge in [-0.15, -0.1) is 11.8 Å². The summed E-state index contributed by atoms with van der Waals surface area (Å²) >= 11 is 7.71. The van der Waals surface area contributed by atoms with E-state index < -0.39 is 0 Å². The lowest BCUT2D eigenvalue weighted by atomic mass is 10.0. The third kappa shape index (κ3) is 5.10. The van der Waals surface area contributed by atoms with Crippen molar-refractivity contribution in [2.24, 2.45) is 0 Å². The Morgan fingerprint density at radius 1 is 1.06 bits per heavy atom. The van der Waals surface area contributed by atoms with Gasteiger partial charge in [0.15, 0.2) is 6.61 Å². The fourth-order valence-electron chi connectivity index (χ4n) is 4.03. The smallest absolute Gasteiger partial charge is 0.321 e. The number of piperidine rings is 1. The maximum absolute atomic E-state index is 12.9. The van der Waals surface area contributed by atoms with Gasteiger partial charge in [0, 0.05) is 36.1 Å². The number of hydrogen-bond donors (Lipinski definition) is 1. The number of nitrogens with zero attached hydrogens (tertiary/aromatic N) is 2. The van der Waals surface area contributed by atoms with Crippen molar-refractivity contribution in [1.82, 2.24) is 9.80 Å². The summed E-state index contributed by atoms with van der Waals surface area (Å²) in [5.74, 6) is 1.51. The van der Waals surface area contributed by atoms with Crippen LogP contribution in [0.3, 0.4) is 0 Å². The molecule has 0 bridgehead atoms. The predicted octanol–water partition coefficient (Wildman–Crippen LogP) is 4.63. The molecular formula is C23H26ClN3O3S. The highest BCUT2D eigenvalue weighted by atomic mass is 35.5. The second kappa shape index (κ2) is 9.40. The zero-order valence-electron chi connectivity index (χ0n) is 17.5. The minimum atomic E-state index is -0.249. The Hall–Kier alpha value is -2.38. The second-order valence-corrected chi connectivity index (χ2v) is 9.76. The minimum Gasteiger partial charge on any atom is -0.484 e. The number of rotatable bonds is 4. The highest BCUT2D eigenvalue weighted by Crippen LogP contribution is 2.44. The lowest BCUT2D eigenvalue weighted by Crippen LogP contribution is -2.55. The number of nitrogens with one attached hydrogen (secondary N) is 1. The van der Waals surface area contributed by atoms with E-state index in [0.29, 0.717) is 30.4 Å². The van der Waals surface area contributed by atoms with Gasteiger partial charge in [-0.25, -0.2) is 4.79 Å². The molecule has 0 aliphatic carbocycles. The van der Waals surface area contributed by atoms with Gasteiger partial charge in [0.25, 0.3) is 5.91 Å². The SMILES string of the molecule is Cc1ccc(NC(=O)N2CCC3(CC2)SCCN3C(=O)COc2ccc(Cl)cc2)cc1. The summed E-state index contributed by atoms with van der Waals surface area (Å²) in [6.07, 6.45) is 1.51. The van der Waals surface area contributed by atoms with Gasteiger partial charge in [-0.2, -0.15) is 0 Å². The van der Waals surface area contributed by atoms with Gasteiger partial charge in [0.1, 0.15) is 5.75 Å². The fraction of sp³-hybridized carbons (Fsp3) is 0.391.